The Hall–Kier alpha value is -2.07. The first-order valence-electron chi connectivity index (χ1n) is 5.59. The lowest BCUT2D eigenvalue weighted by Gasteiger charge is -2.10. The van der Waals surface area contributed by atoms with Crippen LogP contribution in [0.15, 0.2) is 47.6 Å². The lowest BCUT2D eigenvalue weighted by Crippen LogP contribution is -1.99. The Morgan fingerprint density at radius 1 is 1.26 bits per heavy atom. The number of halogens is 2. The third kappa shape index (κ3) is 3.45. The van der Waals surface area contributed by atoms with Crippen molar-refractivity contribution < 1.29 is 9.13 Å². The number of hydrogen-bond donors (Lipinski definition) is 1. The van der Waals surface area contributed by atoms with E-state index in [0.29, 0.717) is 16.3 Å². The molecule has 0 atom stereocenters. The van der Waals surface area contributed by atoms with Gasteiger partial charge in [0, 0.05) is 11.1 Å². The van der Waals surface area contributed by atoms with Gasteiger partial charge in [0.25, 0.3) is 0 Å². The molecule has 2 aromatic rings. The molecule has 19 heavy (non-hydrogen) atoms. The monoisotopic (exact) mass is 278 g/mol. The Kier molecular flexibility index (Phi) is 4.36. The van der Waals surface area contributed by atoms with Crippen LogP contribution in [0, 0.1) is 5.82 Å². The van der Waals surface area contributed by atoms with E-state index in [4.69, 9.17) is 22.2 Å². The van der Waals surface area contributed by atoms with Crippen LogP contribution in [0.1, 0.15) is 11.1 Å². The van der Waals surface area contributed by atoms with Gasteiger partial charge in [-0.2, -0.15) is 5.10 Å². The smallest absolute Gasteiger partial charge is 0.128 e. The molecule has 0 aliphatic rings. The zero-order valence-electron chi connectivity index (χ0n) is 10.0. The molecule has 3 nitrogen and oxygen atoms in total. The zero-order chi connectivity index (χ0) is 13.7. The lowest BCUT2D eigenvalue weighted by atomic mass is 10.2. The van der Waals surface area contributed by atoms with Crippen LogP contribution in [-0.2, 0) is 6.61 Å². The van der Waals surface area contributed by atoms with E-state index in [1.165, 1.54) is 18.3 Å². The van der Waals surface area contributed by atoms with Crippen LogP contribution < -0.4 is 10.6 Å². The molecule has 0 spiro atoms. The summed E-state index contributed by atoms with van der Waals surface area (Å²) in [5.74, 6) is 5.39. The normalized spacial score (nSPS) is 10.8. The SMILES string of the molecule is NN=Cc1ccccc1OCc1ccc(F)cc1Cl. The molecule has 2 rings (SSSR count). The maximum atomic E-state index is 12.9. The van der Waals surface area contributed by atoms with Crippen molar-refractivity contribution in [1.29, 1.82) is 0 Å². The standard InChI is InChI=1S/C14H12ClFN2O/c15-13-7-12(16)6-5-11(13)9-19-14-4-2-1-3-10(14)8-18-17/h1-8H,9,17H2. The van der Waals surface area contributed by atoms with E-state index in [-0.39, 0.29) is 12.4 Å². The summed E-state index contributed by atoms with van der Waals surface area (Å²) in [5, 5.41) is 3.81. The van der Waals surface area contributed by atoms with Gasteiger partial charge < -0.3 is 10.6 Å². The molecule has 0 fully saturated rings. The summed E-state index contributed by atoms with van der Waals surface area (Å²) in [7, 11) is 0. The molecule has 5 heteroatoms. The van der Waals surface area contributed by atoms with Crippen LogP contribution in [0.4, 0.5) is 4.39 Å². The Morgan fingerprint density at radius 3 is 2.79 bits per heavy atom. The summed E-state index contributed by atoms with van der Waals surface area (Å²) in [6, 6.07) is 11.5. The van der Waals surface area contributed by atoms with Crippen molar-refractivity contribution in [2.45, 2.75) is 6.61 Å². The average Bonchev–Trinajstić information content (AvgIpc) is 2.40. The summed E-state index contributed by atoms with van der Waals surface area (Å²) in [4.78, 5) is 0. The summed E-state index contributed by atoms with van der Waals surface area (Å²) in [6.07, 6.45) is 1.50. The molecular weight excluding hydrogens is 267 g/mol. The molecular formula is C14H12ClFN2O. The van der Waals surface area contributed by atoms with Gasteiger partial charge in [-0.15, -0.1) is 0 Å². The van der Waals surface area contributed by atoms with E-state index in [2.05, 4.69) is 5.10 Å². The van der Waals surface area contributed by atoms with E-state index in [9.17, 15) is 4.39 Å². The second kappa shape index (κ2) is 6.20. The van der Waals surface area contributed by atoms with Crippen LogP contribution in [0.3, 0.4) is 0 Å². The Balaban J connectivity index is 2.14. The van der Waals surface area contributed by atoms with Gasteiger partial charge in [-0.05, 0) is 24.3 Å². The van der Waals surface area contributed by atoms with Gasteiger partial charge in [-0.25, -0.2) is 4.39 Å². The van der Waals surface area contributed by atoms with Gasteiger partial charge in [0.1, 0.15) is 18.2 Å². The summed E-state index contributed by atoms with van der Waals surface area (Å²) in [6.45, 7) is 0.245. The summed E-state index contributed by atoms with van der Waals surface area (Å²) in [5.41, 5.74) is 1.48. The fraction of sp³-hybridized carbons (Fsp3) is 0.0714. The molecule has 0 radical (unpaired) electrons. The molecule has 0 heterocycles. The molecule has 2 N–H and O–H groups in total. The van der Waals surface area contributed by atoms with Crippen molar-refractivity contribution in [1.82, 2.24) is 0 Å². The van der Waals surface area contributed by atoms with Gasteiger partial charge in [-0.1, -0.05) is 29.8 Å². The second-order valence-corrected chi connectivity index (χ2v) is 4.25. The number of nitrogens with zero attached hydrogens (tertiary/aromatic N) is 1. The number of hydrazone groups is 1. The average molecular weight is 279 g/mol. The Bertz CT molecular complexity index is 602. The van der Waals surface area contributed by atoms with Crippen LogP contribution in [-0.4, -0.2) is 6.21 Å². The fourth-order valence-electron chi connectivity index (χ4n) is 1.59. The van der Waals surface area contributed by atoms with Gasteiger partial charge in [0.15, 0.2) is 0 Å². The van der Waals surface area contributed by atoms with Gasteiger partial charge >= 0.3 is 0 Å². The van der Waals surface area contributed by atoms with Crippen molar-refractivity contribution in [2.24, 2.45) is 10.9 Å². The molecule has 0 aliphatic heterocycles. The summed E-state index contributed by atoms with van der Waals surface area (Å²) >= 11 is 5.93. The number of benzene rings is 2. The van der Waals surface area contributed by atoms with Crippen LogP contribution in [0.25, 0.3) is 0 Å². The van der Waals surface area contributed by atoms with Crippen molar-refractivity contribution in [3.8, 4) is 5.75 Å². The van der Waals surface area contributed by atoms with E-state index < -0.39 is 0 Å². The highest BCUT2D eigenvalue weighted by Gasteiger charge is 2.05. The molecule has 0 bridgehead atoms. The minimum absolute atomic E-state index is 0.245. The number of nitrogens with two attached hydrogens (primary N) is 1. The highest BCUT2D eigenvalue weighted by atomic mass is 35.5. The quantitative estimate of drug-likeness (QED) is 0.530. The lowest BCUT2D eigenvalue weighted by molar-refractivity contribution is 0.305. The number of hydrogen-bond acceptors (Lipinski definition) is 3. The second-order valence-electron chi connectivity index (χ2n) is 3.84. The first-order chi connectivity index (χ1) is 9.20. The van der Waals surface area contributed by atoms with Crippen LogP contribution in [0.2, 0.25) is 5.02 Å². The number of rotatable bonds is 4. The zero-order valence-corrected chi connectivity index (χ0v) is 10.8. The van der Waals surface area contributed by atoms with Crippen molar-refractivity contribution >= 4 is 17.8 Å². The highest BCUT2D eigenvalue weighted by molar-refractivity contribution is 6.31. The molecule has 2 aromatic carbocycles. The van der Waals surface area contributed by atoms with Gasteiger partial charge in [0.05, 0.1) is 11.2 Å². The van der Waals surface area contributed by atoms with Crippen LogP contribution >= 0.6 is 11.6 Å². The summed E-state index contributed by atoms with van der Waals surface area (Å²) < 4.78 is 18.6. The predicted octanol–water partition coefficient (Wildman–Crippen LogP) is 3.35. The van der Waals surface area contributed by atoms with E-state index in [1.807, 2.05) is 18.2 Å². The number of ether oxygens (including phenoxy) is 1. The number of para-hydroxylation sites is 1. The highest BCUT2D eigenvalue weighted by Crippen LogP contribution is 2.21. The maximum absolute atomic E-state index is 12.9. The van der Waals surface area contributed by atoms with Crippen molar-refractivity contribution in [2.75, 3.05) is 0 Å². The third-order valence-electron chi connectivity index (χ3n) is 2.53. The molecule has 0 aromatic heterocycles. The topological polar surface area (TPSA) is 47.6 Å². The first kappa shape index (κ1) is 13.4. The third-order valence-corrected chi connectivity index (χ3v) is 2.88. The molecule has 98 valence electrons. The van der Waals surface area contributed by atoms with Gasteiger partial charge in [-0.3, -0.25) is 0 Å². The molecule has 0 saturated carbocycles. The largest absolute Gasteiger partial charge is 0.488 e. The minimum Gasteiger partial charge on any atom is -0.488 e. The van der Waals surface area contributed by atoms with E-state index >= 15 is 0 Å². The molecule has 0 amide bonds. The molecule has 0 aliphatic carbocycles. The van der Waals surface area contributed by atoms with Crippen molar-refractivity contribution in [3.05, 3.63) is 64.4 Å². The van der Waals surface area contributed by atoms with E-state index in [0.717, 1.165) is 5.56 Å². The van der Waals surface area contributed by atoms with E-state index in [1.54, 1.807) is 12.1 Å². The Morgan fingerprint density at radius 2 is 2.05 bits per heavy atom. The van der Waals surface area contributed by atoms with Gasteiger partial charge in [0.2, 0.25) is 0 Å². The Labute approximate surface area is 115 Å². The molecule has 0 saturated heterocycles. The molecule has 0 unspecified atom stereocenters. The maximum Gasteiger partial charge on any atom is 0.128 e. The minimum atomic E-state index is -0.371. The predicted molar refractivity (Wildman–Crippen MR) is 74.0 cm³/mol. The first-order valence-corrected chi connectivity index (χ1v) is 5.97. The fourth-order valence-corrected chi connectivity index (χ4v) is 1.81. The van der Waals surface area contributed by atoms with Crippen molar-refractivity contribution in [3.63, 3.8) is 0 Å². The van der Waals surface area contributed by atoms with Crippen LogP contribution in [0.5, 0.6) is 5.75 Å².